The van der Waals surface area contributed by atoms with Crippen LogP contribution >= 0.6 is 20.2 Å². The number of benzene rings is 1. The molecule has 1 aromatic carbocycles. The number of fused-ring (bicyclic) bond motifs is 1. The summed E-state index contributed by atoms with van der Waals surface area (Å²) in [6, 6.07) is 5.85. The Balaban J connectivity index is -0.00000403. The van der Waals surface area contributed by atoms with Crippen LogP contribution in [0.25, 0.3) is 26.6 Å². The molecule has 1 heterocycles. The molecule has 19 heteroatoms. The Morgan fingerprint density at radius 1 is 0.925 bits per heavy atom. The number of carboxylic acid groups (broad SMARTS) is 1. The van der Waals surface area contributed by atoms with Crippen LogP contribution in [0.2, 0.25) is 0 Å². The van der Waals surface area contributed by atoms with Crippen molar-refractivity contribution in [2.45, 2.75) is 101 Å². The summed E-state index contributed by atoms with van der Waals surface area (Å²) in [5.74, 6) is -2.91. The molecule has 3 rings (SSSR count). The summed E-state index contributed by atoms with van der Waals surface area (Å²) in [7, 11) is 9.59. The Hall–Kier alpha value is -2.73. The zero-order valence-electron chi connectivity index (χ0n) is 30.4. The predicted molar refractivity (Wildman–Crippen MR) is 215 cm³/mol. The predicted octanol–water partition coefficient (Wildman–Crippen LogP) is 5.27. The van der Waals surface area contributed by atoms with Crippen molar-refractivity contribution in [3.63, 3.8) is 0 Å². The number of nitrogens with two attached hydrogens (primary N) is 2. The van der Waals surface area contributed by atoms with Crippen LogP contribution in [0, 0.1) is 0 Å². The molecule has 2 aliphatic rings. The van der Waals surface area contributed by atoms with Crippen molar-refractivity contribution in [2.24, 2.45) is 16.5 Å². The third-order valence-electron chi connectivity index (χ3n) is 8.49. The van der Waals surface area contributed by atoms with Gasteiger partial charge in [0, 0.05) is 30.3 Å². The summed E-state index contributed by atoms with van der Waals surface area (Å²) in [5, 5.41) is 41.6. The van der Waals surface area contributed by atoms with E-state index in [-0.39, 0.29) is 72.9 Å². The molecule has 1 saturated carbocycles. The molecule has 0 bridgehead atoms. The van der Waals surface area contributed by atoms with E-state index in [1.165, 1.54) is 18.6 Å². The Morgan fingerprint density at radius 3 is 2.28 bits per heavy atom. The first-order chi connectivity index (χ1) is 25.4. The van der Waals surface area contributed by atoms with E-state index < -0.39 is 36.8 Å². The fraction of sp³-hybridized carbons (Fsp3) is 0.676. The average molecular weight is 831 g/mol. The van der Waals surface area contributed by atoms with Crippen molar-refractivity contribution in [1.29, 1.82) is 0 Å². The van der Waals surface area contributed by atoms with Gasteiger partial charge in [-0.05, 0) is 24.6 Å². The molecular weight excluding hydrogens is 768 g/mol. The second-order valence-electron chi connectivity index (χ2n) is 13.1. The SMILES string of the molecule is C[C@H]1C[N-][C@@H](CCCNC(=O)CC(CC(=O)O)NC(=O)CNC(=O)c2cccc(N=C(N)N)c2)C[N-][C@H]2CCCC[C@H]2[N-]CC[N-][C@@H](C)C[N-]1.[Cl][Mn][Cl].[HH].[HH].[HH].[HH]. The Morgan fingerprint density at radius 2 is 1.58 bits per heavy atom. The van der Waals surface area contributed by atoms with Crippen molar-refractivity contribution in [3.8, 4) is 0 Å². The number of hydrogen-bond donors (Lipinski definition) is 6. The molecule has 6 atom stereocenters. The van der Waals surface area contributed by atoms with E-state index in [1.807, 2.05) is 0 Å². The van der Waals surface area contributed by atoms with Crippen molar-refractivity contribution < 1.29 is 43.1 Å². The van der Waals surface area contributed by atoms with Gasteiger partial charge in [0.25, 0.3) is 5.91 Å². The van der Waals surface area contributed by atoms with Crippen LogP contribution in [0.15, 0.2) is 29.3 Å². The molecule has 0 spiro atoms. The summed E-state index contributed by atoms with van der Waals surface area (Å²) in [5.41, 5.74) is 11.4. The second-order valence-corrected chi connectivity index (χ2v) is 15.0. The average Bonchev–Trinajstić information content (AvgIpc) is 3.11. The van der Waals surface area contributed by atoms with Crippen LogP contribution in [0.5, 0.6) is 0 Å². The fourth-order valence-corrected chi connectivity index (χ4v) is 5.92. The van der Waals surface area contributed by atoms with E-state index in [1.54, 1.807) is 12.1 Å². The van der Waals surface area contributed by atoms with Gasteiger partial charge in [-0.15, -0.1) is 0 Å². The first kappa shape index (κ1) is 46.4. The van der Waals surface area contributed by atoms with Crippen LogP contribution in [-0.2, 0) is 27.5 Å². The Labute approximate surface area is 333 Å². The first-order valence-electron chi connectivity index (χ1n) is 17.9. The van der Waals surface area contributed by atoms with E-state index in [9.17, 15) is 24.3 Å². The molecule has 1 aromatic rings. The van der Waals surface area contributed by atoms with Gasteiger partial charge in [-0.2, -0.15) is 62.9 Å². The maximum atomic E-state index is 12.8. The minimum absolute atomic E-state index is 0. The van der Waals surface area contributed by atoms with Gasteiger partial charge < -0.3 is 59.1 Å². The number of guanidine groups is 1. The topological polar surface area (TPSA) is 260 Å². The molecule has 1 aliphatic carbocycles. The monoisotopic (exact) mass is 829 g/mol. The number of rotatable bonds is 13. The summed E-state index contributed by atoms with van der Waals surface area (Å²) in [6.07, 6.45) is 5.10. The maximum Gasteiger partial charge on any atom is 0 e. The molecule has 0 aromatic heterocycles. The van der Waals surface area contributed by atoms with Gasteiger partial charge in [0.15, 0.2) is 5.96 Å². The van der Waals surface area contributed by atoms with E-state index in [4.69, 9.17) is 58.2 Å². The van der Waals surface area contributed by atoms with Crippen LogP contribution < -0.4 is 27.4 Å². The van der Waals surface area contributed by atoms with Gasteiger partial charge in [-0.1, -0.05) is 52.0 Å². The number of carboxylic acids is 1. The molecule has 1 saturated heterocycles. The standard InChI is InChI=1S/C34H54N11O5.2ClH.Mn.4H2/c1-22-18-40-23(2)19-41-26(20-42-29-11-4-3-10-28(29)38-14-13-37-22)9-6-12-39-30(46)16-27(17-32(48)49)44-31(47)21-43-33(50)24-7-5-8-25(15-24)45-34(35)36;;;;;;;/h5,7-8,15,22-23,26-29H,3-4,6,9-14,16-21H2,1-2H3,(H,39,46)(H,43,50)(H,44,47)(H,48,49)(H4,35,36,45);2*1H;;4*1H/q-5;;;+2;;;;/p-2/t22-,23-,26-,27?,28+,29-;;;;;;;/m0......./s1. The molecule has 3 amide bonds. The van der Waals surface area contributed by atoms with Gasteiger partial charge in [0.05, 0.1) is 18.7 Å². The number of aliphatic imine (C=N–C) groups is 1. The maximum absolute atomic E-state index is 12.8. The van der Waals surface area contributed by atoms with Crippen molar-refractivity contribution in [2.75, 3.05) is 45.8 Å². The normalized spacial score (nSPS) is 23.2. The van der Waals surface area contributed by atoms with Crippen molar-refractivity contribution in [3.05, 3.63) is 56.4 Å². The van der Waals surface area contributed by atoms with Gasteiger partial charge >= 0.3 is 39.3 Å². The zero-order valence-corrected chi connectivity index (χ0v) is 33.1. The molecular formula is C34H62Cl2MnN11O5-5. The number of nitrogens with zero attached hydrogens (tertiary/aromatic N) is 6. The number of aliphatic carboxylic acids is 1. The van der Waals surface area contributed by atoms with Crippen LogP contribution in [0.3, 0.4) is 0 Å². The third kappa shape index (κ3) is 21.1. The van der Waals surface area contributed by atoms with Gasteiger partial charge in [-0.3, -0.25) is 19.2 Å². The van der Waals surface area contributed by atoms with E-state index >= 15 is 0 Å². The number of amides is 3. The fourth-order valence-electron chi connectivity index (χ4n) is 5.92. The summed E-state index contributed by atoms with van der Waals surface area (Å²) in [4.78, 5) is 53.2. The molecule has 1 aliphatic heterocycles. The number of nitrogens with one attached hydrogen (secondary N) is 3. The molecule has 309 valence electrons. The smallest absolute Gasteiger partial charge is 0 e. The van der Waals surface area contributed by atoms with Crippen LogP contribution in [0.4, 0.5) is 5.69 Å². The Kier molecular flexibility index (Phi) is 23.6. The number of halogens is 2. The minimum Gasteiger partial charge on any atom is 0 e. The van der Waals surface area contributed by atoms with Gasteiger partial charge in [0.1, 0.15) is 0 Å². The second kappa shape index (κ2) is 26.9. The summed E-state index contributed by atoms with van der Waals surface area (Å²) in [6.45, 7) is 7.38. The molecule has 0 radical (unpaired) electrons. The van der Waals surface area contributed by atoms with Gasteiger partial charge in [0.2, 0.25) is 11.8 Å². The largest absolute Gasteiger partial charge is 0 e. The summed E-state index contributed by atoms with van der Waals surface area (Å²) < 4.78 is 0. The molecule has 8 N–H and O–H groups in total. The third-order valence-corrected chi connectivity index (χ3v) is 8.49. The summed E-state index contributed by atoms with van der Waals surface area (Å²) >= 11 is 0.00694. The minimum atomic E-state index is -1.17. The molecule has 16 nitrogen and oxygen atoms in total. The van der Waals surface area contributed by atoms with Crippen molar-refractivity contribution in [1.82, 2.24) is 16.0 Å². The van der Waals surface area contributed by atoms with E-state index in [0.717, 1.165) is 32.2 Å². The van der Waals surface area contributed by atoms with Gasteiger partial charge in [-0.25, -0.2) is 4.99 Å². The molecule has 53 heavy (non-hydrogen) atoms. The van der Waals surface area contributed by atoms with Crippen LogP contribution in [0.1, 0.15) is 81.3 Å². The number of carbonyl (C=O) groups is 4. The van der Waals surface area contributed by atoms with E-state index in [2.05, 4.69) is 34.8 Å². The zero-order chi connectivity index (χ0) is 39.0. The number of carbonyl (C=O) groups excluding carboxylic acids is 3. The quantitative estimate of drug-likeness (QED) is 0.0664. The first-order valence-corrected chi connectivity index (χ1v) is 21.1. The van der Waals surface area contributed by atoms with E-state index in [0.29, 0.717) is 44.8 Å². The molecule has 2 fully saturated rings. The molecule has 1 unspecified atom stereocenters. The van der Waals surface area contributed by atoms with Crippen LogP contribution in [-0.4, -0.2) is 117 Å². The van der Waals surface area contributed by atoms with Crippen molar-refractivity contribution >= 4 is 55.5 Å². The number of hydrogen-bond acceptors (Lipinski definition) is 5. The Bertz CT molecular complexity index is 1320.